The third-order valence-corrected chi connectivity index (χ3v) is 4.53. The van der Waals surface area contributed by atoms with Crippen molar-refractivity contribution in [3.8, 4) is 11.5 Å². The van der Waals surface area contributed by atoms with Crippen molar-refractivity contribution in [1.82, 2.24) is 10.2 Å². The van der Waals surface area contributed by atoms with Gasteiger partial charge in [0.15, 0.2) is 0 Å². The van der Waals surface area contributed by atoms with E-state index in [9.17, 15) is 4.79 Å². The fraction of sp³-hybridized carbons (Fsp3) is 0.611. The Morgan fingerprint density at radius 1 is 1.20 bits per heavy atom. The zero-order chi connectivity index (χ0) is 18.1. The first-order valence-electron chi connectivity index (χ1n) is 8.64. The number of amides is 2. The number of nitrogens with zero attached hydrogens (tertiary/aromatic N) is 1. The number of benzene rings is 1. The van der Waals surface area contributed by atoms with Crippen LogP contribution in [0.25, 0.3) is 0 Å². The summed E-state index contributed by atoms with van der Waals surface area (Å²) in [5.74, 6) is 1.77. The first-order chi connectivity index (χ1) is 12.2. The van der Waals surface area contributed by atoms with Crippen LogP contribution in [0.2, 0.25) is 0 Å². The van der Waals surface area contributed by atoms with Crippen LogP contribution in [0.15, 0.2) is 18.2 Å². The van der Waals surface area contributed by atoms with Gasteiger partial charge in [-0.05, 0) is 44.0 Å². The van der Waals surface area contributed by atoms with Crippen molar-refractivity contribution in [3.05, 3.63) is 18.2 Å². The highest BCUT2D eigenvalue weighted by molar-refractivity contribution is 5.91. The number of ether oxygens (including phenoxy) is 3. The molecule has 0 aromatic heterocycles. The number of methoxy groups -OCH3 is 3. The van der Waals surface area contributed by atoms with Crippen LogP contribution >= 0.6 is 0 Å². The molecule has 2 N–H and O–H groups in total. The van der Waals surface area contributed by atoms with Crippen molar-refractivity contribution in [3.63, 3.8) is 0 Å². The molecule has 0 spiro atoms. The molecule has 1 aliphatic rings. The fourth-order valence-corrected chi connectivity index (χ4v) is 2.94. The van der Waals surface area contributed by atoms with Crippen molar-refractivity contribution >= 4 is 11.7 Å². The summed E-state index contributed by atoms with van der Waals surface area (Å²) in [6, 6.07) is 5.08. The summed E-state index contributed by atoms with van der Waals surface area (Å²) >= 11 is 0. The van der Waals surface area contributed by atoms with Gasteiger partial charge in [0, 0.05) is 26.3 Å². The summed E-state index contributed by atoms with van der Waals surface area (Å²) in [7, 11) is 4.89. The highest BCUT2D eigenvalue weighted by Gasteiger charge is 2.19. The molecule has 2 amide bonds. The molecular formula is C18H29N3O4. The second-order valence-electron chi connectivity index (χ2n) is 6.18. The zero-order valence-corrected chi connectivity index (χ0v) is 15.3. The second-order valence-corrected chi connectivity index (χ2v) is 6.18. The molecule has 7 heteroatoms. The predicted molar refractivity (Wildman–Crippen MR) is 97.6 cm³/mol. The quantitative estimate of drug-likeness (QED) is 0.751. The number of piperidine rings is 1. The average molecular weight is 351 g/mol. The zero-order valence-electron chi connectivity index (χ0n) is 15.3. The van der Waals surface area contributed by atoms with Crippen LogP contribution in [0.4, 0.5) is 10.5 Å². The van der Waals surface area contributed by atoms with E-state index in [1.165, 1.54) is 0 Å². The summed E-state index contributed by atoms with van der Waals surface area (Å²) in [5, 5.41) is 5.79. The number of urea groups is 1. The van der Waals surface area contributed by atoms with Crippen LogP contribution in [0.1, 0.15) is 12.8 Å². The third-order valence-electron chi connectivity index (χ3n) is 4.53. The van der Waals surface area contributed by atoms with E-state index < -0.39 is 0 Å². The van der Waals surface area contributed by atoms with Crippen molar-refractivity contribution in [1.29, 1.82) is 0 Å². The van der Waals surface area contributed by atoms with Crippen LogP contribution in [-0.2, 0) is 4.74 Å². The fourth-order valence-electron chi connectivity index (χ4n) is 2.94. The summed E-state index contributed by atoms with van der Waals surface area (Å²) in [5.41, 5.74) is 0.621. The molecule has 0 bridgehead atoms. The van der Waals surface area contributed by atoms with Gasteiger partial charge in [0.1, 0.15) is 11.5 Å². The van der Waals surface area contributed by atoms with Crippen molar-refractivity contribution in [2.24, 2.45) is 5.92 Å². The van der Waals surface area contributed by atoms with E-state index in [2.05, 4.69) is 15.5 Å². The van der Waals surface area contributed by atoms with Crippen LogP contribution in [0.3, 0.4) is 0 Å². The first-order valence-corrected chi connectivity index (χ1v) is 8.64. The van der Waals surface area contributed by atoms with Gasteiger partial charge < -0.3 is 29.7 Å². The van der Waals surface area contributed by atoms with E-state index >= 15 is 0 Å². The third kappa shape index (κ3) is 6.10. The lowest BCUT2D eigenvalue weighted by Crippen LogP contribution is -2.40. The Hall–Kier alpha value is -1.99. The van der Waals surface area contributed by atoms with Gasteiger partial charge in [-0.2, -0.15) is 0 Å². The van der Waals surface area contributed by atoms with Gasteiger partial charge in [-0.15, -0.1) is 0 Å². The van der Waals surface area contributed by atoms with Gasteiger partial charge in [-0.3, -0.25) is 0 Å². The lowest BCUT2D eigenvalue weighted by molar-refractivity contribution is 0.120. The number of hydrogen-bond acceptors (Lipinski definition) is 5. The van der Waals surface area contributed by atoms with E-state index in [4.69, 9.17) is 14.2 Å². The topological polar surface area (TPSA) is 72.1 Å². The molecule has 1 heterocycles. The Bertz CT molecular complexity index is 545. The van der Waals surface area contributed by atoms with Gasteiger partial charge in [0.2, 0.25) is 0 Å². The molecule has 1 aromatic rings. The Morgan fingerprint density at radius 2 is 1.96 bits per heavy atom. The Kier molecular flexibility index (Phi) is 7.81. The highest BCUT2D eigenvalue weighted by atomic mass is 16.5. The van der Waals surface area contributed by atoms with E-state index in [-0.39, 0.29) is 6.03 Å². The normalized spacial score (nSPS) is 15.6. The van der Waals surface area contributed by atoms with Gasteiger partial charge >= 0.3 is 6.03 Å². The molecule has 7 nitrogen and oxygen atoms in total. The Balaban J connectivity index is 1.74. The Labute approximate surface area is 149 Å². The largest absolute Gasteiger partial charge is 0.497 e. The lowest BCUT2D eigenvalue weighted by atomic mass is 9.97. The molecule has 25 heavy (non-hydrogen) atoms. The average Bonchev–Trinajstić information content (AvgIpc) is 2.65. The monoisotopic (exact) mass is 351 g/mol. The standard InChI is InChI=1S/C18H29N3O4/c1-23-11-10-21-8-6-14(7-9-21)13-19-18(22)20-16-5-4-15(24-2)12-17(16)25-3/h4-5,12,14H,6-11,13H2,1-3H3,(H2,19,20,22). The number of nitrogens with one attached hydrogen (secondary N) is 2. The molecular weight excluding hydrogens is 322 g/mol. The molecule has 0 aliphatic carbocycles. The number of likely N-dealkylation sites (tertiary alicyclic amines) is 1. The Morgan fingerprint density at radius 3 is 2.60 bits per heavy atom. The minimum absolute atomic E-state index is 0.217. The van der Waals surface area contributed by atoms with Crippen LogP contribution in [0, 0.1) is 5.92 Å². The number of hydrogen-bond donors (Lipinski definition) is 2. The lowest BCUT2D eigenvalue weighted by Gasteiger charge is -2.31. The molecule has 1 aromatic carbocycles. The highest BCUT2D eigenvalue weighted by Crippen LogP contribution is 2.28. The number of anilines is 1. The molecule has 140 valence electrons. The molecule has 0 radical (unpaired) electrons. The summed E-state index contributed by atoms with van der Waals surface area (Å²) in [6.45, 7) is 4.55. The molecule has 1 fully saturated rings. The second kappa shape index (κ2) is 10.1. The summed E-state index contributed by atoms with van der Waals surface area (Å²) in [6.07, 6.45) is 2.19. The maximum absolute atomic E-state index is 12.1. The van der Waals surface area contributed by atoms with E-state index in [1.54, 1.807) is 39.5 Å². The molecule has 1 aliphatic heterocycles. The molecule has 0 unspecified atom stereocenters. The van der Waals surface area contributed by atoms with Crippen LogP contribution in [0.5, 0.6) is 11.5 Å². The number of carbonyl (C=O) groups excluding carboxylic acids is 1. The summed E-state index contributed by atoms with van der Waals surface area (Å²) in [4.78, 5) is 14.6. The SMILES string of the molecule is COCCN1CCC(CNC(=O)Nc2ccc(OC)cc2OC)CC1. The minimum Gasteiger partial charge on any atom is -0.497 e. The predicted octanol–water partition coefficient (Wildman–Crippen LogP) is 2.18. The van der Waals surface area contributed by atoms with Gasteiger partial charge in [-0.25, -0.2) is 4.79 Å². The number of rotatable bonds is 8. The van der Waals surface area contributed by atoms with Gasteiger partial charge in [0.25, 0.3) is 0 Å². The smallest absolute Gasteiger partial charge is 0.319 e. The molecule has 1 saturated heterocycles. The summed E-state index contributed by atoms with van der Waals surface area (Å²) < 4.78 is 15.6. The minimum atomic E-state index is -0.217. The maximum Gasteiger partial charge on any atom is 0.319 e. The molecule has 0 saturated carbocycles. The van der Waals surface area contributed by atoms with Gasteiger partial charge in [0.05, 0.1) is 26.5 Å². The van der Waals surface area contributed by atoms with Crippen LogP contribution in [-0.4, -0.2) is 65.0 Å². The van der Waals surface area contributed by atoms with Crippen molar-refractivity contribution < 1.29 is 19.0 Å². The van der Waals surface area contributed by atoms with Crippen LogP contribution < -0.4 is 20.1 Å². The van der Waals surface area contributed by atoms with Crippen molar-refractivity contribution in [2.45, 2.75) is 12.8 Å². The van der Waals surface area contributed by atoms with Gasteiger partial charge in [-0.1, -0.05) is 0 Å². The van der Waals surface area contributed by atoms with E-state index in [0.717, 1.165) is 39.1 Å². The maximum atomic E-state index is 12.1. The first kappa shape index (κ1) is 19.3. The molecule has 0 atom stereocenters. The van der Waals surface area contributed by atoms with Crippen molar-refractivity contribution in [2.75, 3.05) is 59.4 Å². The van der Waals surface area contributed by atoms with E-state index in [1.807, 2.05) is 0 Å². The number of carbonyl (C=O) groups is 1. The molecule has 2 rings (SSSR count). The van der Waals surface area contributed by atoms with E-state index in [0.29, 0.717) is 29.6 Å².